The average molecular weight is 221 g/mol. The molecule has 2 rings (SSSR count). The summed E-state index contributed by atoms with van der Waals surface area (Å²) in [6, 6.07) is 9.44. The molecule has 82 valence electrons. The minimum absolute atomic E-state index is 0.763. The van der Waals surface area contributed by atoms with Crippen molar-refractivity contribution in [3.63, 3.8) is 0 Å². The minimum Gasteiger partial charge on any atom is -0.313 e. The minimum atomic E-state index is 0.763. The number of thioether (sulfide) groups is 1. The molecular weight excluding hydrogens is 202 g/mol. The molecule has 1 aromatic rings. The second kappa shape index (κ2) is 5.57. The molecule has 0 bridgehead atoms. The van der Waals surface area contributed by atoms with Crippen molar-refractivity contribution in [2.24, 2.45) is 0 Å². The van der Waals surface area contributed by atoms with E-state index in [0.717, 1.165) is 19.0 Å². The molecule has 1 aromatic carbocycles. The maximum absolute atomic E-state index is 3.64. The molecular formula is C13H19NS. The zero-order valence-electron chi connectivity index (χ0n) is 9.33. The molecule has 1 atom stereocenters. The molecule has 0 aromatic heterocycles. The van der Waals surface area contributed by atoms with Crippen LogP contribution in [0.3, 0.4) is 0 Å². The van der Waals surface area contributed by atoms with Crippen LogP contribution in [0.15, 0.2) is 24.3 Å². The van der Waals surface area contributed by atoms with Crippen LogP contribution in [0, 0.1) is 6.92 Å². The first kappa shape index (κ1) is 11.0. The first-order chi connectivity index (χ1) is 7.36. The Morgan fingerprint density at radius 2 is 2.27 bits per heavy atom. The van der Waals surface area contributed by atoms with Crippen molar-refractivity contribution in [2.45, 2.75) is 25.8 Å². The van der Waals surface area contributed by atoms with Gasteiger partial charge in [-0.25, -0.2) is 0 Å². The SMILES string of the molecule is Cc1ccccc1CCNC1CCSC1. The Morgan fingerprint density at radius 1 is 1.40 bits per heavy atom. The van der Waals surface area contributed by atoms with Crippen LogP contribution >= 0.6 is 11.8 Å². The van der Waals surface area contributed by atoms with Crippen LogP contribution in [0.5, 0.6) is 0 Å². The zero-order valence-corrected chi connectivity index (χ0v) is 10.1. The number of benzene rings is 1. The van der Waals surface area contributed by atoms with E-state index in [9.17, 15) is 0 Å². The Kier molecular flexibility index (Phi) is 4.09. The number of hydrogen-bond donors (Lipinski definition) is 1. The van der Waals surface area contributed by atoms with Crippen LogP contribution < -0.4 is 5.32 Å². The van der Waals surface area contributed by atoms with Crippen molar-refractivity contribution in [3.05, 3.63) is 35.4 Å². The van der Waals surface area contributed by atoms with E-state index in [2.05, 4.69) is 48.3 Å². The molecule has 1 unspecified atom stereocenters. The standard InChI is InChI=1S/C13H19NS/c1-11-4-2-3-5-12(11)6-8-14-13-7-9-15-10-13/h2-5,13-14H,6-10H2,1H3. The Labute approximate surface area is 96.7 Å². The third kappa shape index (κ3) is 3.25. The summed E-state index contributed by atoms with van der Waals surface area (Å²) in [4.78, 5) is 0. The van der Waals surface area contributed by atoms with Crippen LogP contribution in [-0.4, -0.2) is 24.1 Å². The molecule has 1 saturated heterocycles. The fourth-order valence-electron chi connectivity index (χ4n) is 2.00. The highest BCUT2D eigenvalue weighted by atomic mass is 32.2. The van der Waals surface area contributed by atoms with Gasteiger partial charge in [0, 0.05) is 11.8 Å². The molecule has 1 fully saturated rings. The van der Waals surface area contributed by atoms with E-state index in [1.165, 1.54) is 29.1 Å². The first-order valence-corrected chi connectivity index (χ1v) is 6.87. The average Bonchev–Trinajstić information content (AvgIpc) is 2.74. The lowest BCUT2D eigenvalue weighted by atomic mass is 10.1. The monoisotopic (exact) mass is 221 g/mol. The topological polar surface area (TPSA) is 12.0 Å². The molecule has 0 amide bonds. The summed E-state index contributed by atoms with van der Waals surface area (Å²) in [5.74, 6) is 2.63. The zero-order chi connectivity index (χ0) is 10.5. The van der Waals surface area contributed by atoms with Gasteiger partial charge in [0.1, 0.15) is 0 Å². The molecule has 15 heavy (non-hydrogen) atoms. The lowest BCUT2D eigenvalue weighted by Crippen LogP contribution is -2.30. The molecule has 1 aliphatic heterocycles. The van der Waals surface area contributed by atoms with Gasteiger partial charge in [-0.3, -0.25) is 0 Å². The van der Waals surface area contributed by atoms with E-state index in [1.54, 1.807) is 0 Å². The van der Waals surface area contributed by atoms with E-state index in [0.29, 0.717) is 0 Å². The first-order valence-electron chi connectivity index (χ1n) is 5.72. The van der Waals surface area contributed by atoms with Gasteiger partial charge in [0.2, 0.25) is 0 Å². The van der Waals surface area contributed by atoms with Crippen LogP contribution in [0.4, 0.5) is 0 Å². The van der Waals surface area contributed by atoms with Gasteiger partial charge in [-0.2, -0.15) is 11.8 Å². The molecule has 1 aliphatic rings. The highest BCUT2D eigenvalue weighted by Crippen LogP contribution is 2.17. The van der Waals surface area contributed by atoms with Gasteiger partial charge < -0.3 is 5.32 Å². The van der Waals surface area contributed by atoms with Gasteiger partial charge in [0.05, 0.1) is 0 Å². The number of nitrogens with one attached hydrogen (secondary N) is 1. The van der Waals surface area contributed by atoms with E-state index in [1.807, 2.05) is 0 Å². The van der Waals surface area contributed by atoms with Crippen molar-refractivity contribution in [2.75, 3.05) is 18.1 Å². The number of hydrogen-bond acceptors (Lipinski definition) is 2. The van der Waals surface area contributed by atoms with Gasteiger partial charge >= 0.3 is 0 Å². The van der Waals surface area contributed by atoms with Gasteiger partial charge in [-0.15, -0.1) is 0 Å². The summed E-state index contributed by atoms with van der Waals surface area (Å²) in [5.41, 5.74) is 2.90. The predicted molar refractivity (Wildman–Crippen MR) is 68.6 cm³/mol. The Bertz CT molecular complexity index is 305. The summed E-state index contributed by atoms with van der Waals surface area (Å²) in [5, 5.41) is 3.64. The third-order valence-electron chi connectivity index (χ3n) is 3.02. The highest BCUT2D eigenvalue weighted by molar-refractivity contribution is 7.99. The second-order valence-electron chi connectivity index (χ2n) is 4.19. The Hall–Kier alpha value is -0.470. The van der Waals surface area contributed by atoms with E-state index in [-0.39, 0.29) is 0 Å². The summed E-state index contributed by atoms with van der Waals surface area (Å²) in [6.07, 6.45) is 2.51. The maximum atomic E-state index is 3.64. The Morgan fingerprint density at radius 3 is 3.00 bits per heavy atom. The molecule has 0 saturated carbocycles. The molecule has 0 aliphatic carbocycles. The quantitative estimate of drug-likeness (QED) is 0.839. The van der Waals surface area contributed by atoms with Gasteiger partial charge in [-0.05, 0) is 43.2 Å². The van der Waals surface area contributed by atoms with Crippen LogP contribution in [0.2, 0.25) is 0 Å². The molecule has 1 nitrogen and oxygen atoms in total. The predicted octanol–water partition coefficient (Wildman–Crippen LogP) is 2.63. The summed E-state index contributed by atoms with van der Waals surface area (Å²) < 4.78 is 0. The maximum Gasteiger partial charge on any atom is 0.0166 e. The van der Waals surface area contributed by atoms with Crippen LogP contribution in [0.1, 0.15) is 17.5 Å². The van der Waals surface area contributed by atoms with Gasteiger partial charge in [-0.1, -0.05) is 24.3 Å². The normalized spacial score (nSPS) is 20.7. The molecule has 1 N–H and O–H groups in total. The smallest absolute Gasteiger partial charge is 0.0166 e. The van der Waals surface area contributed by atoms with Gasteiger partial charge in [0.15, 0.2) is 0 Å². The van der Waals surface area contributed by atoms with Crippen molar-refractivity contribution in [3.8, 4) is 0 Å². The summed E-state index contributed by atoms with van der Waals surface area (Å²) in [7, 11) is 0. The second-order valence-corrected chi connectivity index (χ2v) is 5.34. The fourth-order valence-corrected chi connectivity index (χ4v) is 3.18. The molecule has 0 spiro atoms. The van der Waals surface area contributed by atoms with E-state index < -0.39 is 0 Å². The summed E-state index contributed by atoms with van der Waals surface area (Å²) >= 11 is 2.07. The Balaban J connectivity index is 1.75. The highest BCUT2D eigenvalue weighted by Gasteiger charge is 2.13. The number of rotatable bonds is 4. The van der Waals surface area contributed by atoms with E-state index in [4.69, 9.17) is 0 Å². The van der Waals surface area contributed by atoms with Gasteiger partial charge in [0.25, 0.3) is 0 Å². The van der Waals surface area contributed by atoms with Crippen molar-refractivity contribution in [1.82, 2.24) is 5.32 Å². The van der Waals surface area contributed by atoms with Crippen molar-refractivity contribution < 1.29 is 0 Å². The molecule has 1 heterocycles. The lowest BCUT2D eigenvalue weighted by Gasteiger charge is -2.11. The lowest BCUT2D eigenvalue weighted by molar-refractivity contribution is 0.560. The molecule has 0 radical (unpaired) electrons. The van der Waals surface area contributed by atoms with E-state index >= 15 is 0 Å². The van der Waals surface area contributed by atoms with Crippen LogP contribution in [0.25, 0.3) is 0 Å². The van der Waals surface area contributed by atoms with Crippen LogP contribution in [-0.2, 0) is 6.42 Å². The third-order valence-corrected chi connectivity index (χ3v) is 4.18. The van der Waals surface area contributed by atoms with Crippen molar-refractivity contribution in [1.29, 1.82) is 0 Å². The summed E-state index contributed by atoms with van der Waals surface area (Å²) in [6.45, 7) is 3.32. The number of aryl methyl sites for hydroxylation is 1. The largest absolute Gasteiger partial charge is 0.313 e. The molecule has 2 heteroatoms. The fraction of sp³-hybridized carbons (Fsp3) is 0.538. The van der Waals surface area contributed by atoms with Crippen molar-refractivity contribution >= 4 is 11.8 Å².